The van der Waals surface area contributed by atoms with E-state index in [4.69, 9.17) is 4.98 Å². The molecule has 1 fully saturated rings. The van der Waals surface area contributed by atoms with Crippen molar-refractivity contribution in [2.45, 2.75) is 13.5 Å². The second-order valence-electron chi connectivity index (χ2n) is 8.81. The molecule has 37 heavy (non-hydrogen) atoms. The summed E-state index contributed by atoms with van der Waals surface area (Å²) >= 11 is 0. The summed E-state index contributed by atoms with van der Waals surface area (Å²) in [5.74, 6) is 1.78. The van der Waals surface area contributed by atoms with E-state index in [9.17, 15) is 5.26 Å². The van der Waals surface area contributed by atoms with Gasteiger partial charge in [0.2, 0.25) is 0 Å². The maximum Gasteiger partial charge on any atom is 0.142 e. The molecule has 186 valence electrons. The highest BCUT2D eigenvalue weighted by Gasteiger charge is 2.20. The highest BCUT2D eigenvalue weighted by atomic mass is 15.3. The molecule has 0 bridgehead atoms. The summed E-state index contributed by atoms with van der Waals surface area (Å²) in [7, 11) is 1.89. The zero-order chi connectivity index (χ0) is 25.6. The fraction of sp³-hybridized carbons (Fsp3) is 0.259. The van der Waals surface area contributed by atoms with E-state index < -0.39 is 0 Å². The molecule has 1 aliphatic heterocycles. The van der Waals surface area contributed by atoms with Crippen molar-refractivity contribution in [3.8, 4) is 6.07 Å². The van der Waals surface area contributed by atoms with E-state index in [1.807, 2.05) is 56.8 Å². The van der Waals surface area contributed by atoms with Crippen molar-refractivity contribution in [3.63, 3.8) is 0 Å². The number of nitriles is 1. The fourth-order valence-corrected chi connectivity index (χ4v) is 4.41. The van der Waals surface area contributed by atoms with Gasteiger partial charge in [0.15, 0.2) is 0 Å². The number of aromatic nitrogens is 7. The highest BCUT2D eigenvalue weighted by molar-refractivity contribution is 5.90. The highest BCUT2D eigenvalue weighted by Crippen LogP contribution is 2.29. The first-order valence-corrected chi connectivity index (χ1v) is 12.1. The molecular weight excluding hydrogens is 464 g/mol. The van der Waals surface area contributed by atoms with E-state index in [1.165, 1.54) is 0 Å². The molecule has 10 heteroatoms. The van der Waals surface area contributed by atoms with Crippen molar-refractivity contribution in [1.82, 2.24) is 39.8 Å². The monoisotopic (exact) mass is 492 g/mol. The van der Waals surface area contributed by atoms with Crippen LogP contribution < -0.4 is 4.90 Å². The number of hydrogen-bond donors (Lipinski definition) is 1. The van der Waals surface area contributed by atoms with Crippen LogP contribution in [0.2, 0.25) is 0 Å². The molecule has 1 saturated heterocycles. The number of H-pyrrole nitrogens is 1. The number of aryl methyl sites for hydroxylation is 1. The van der Waals surface area contributed by atoms with Gasteiger partial charge in [-0.05, 0) is 36.8 Å². The van der Waals surface area contributed by atoms with E-state index in [-0.39, 0.29) is 0 Å². The Labute approximate surface area is 215 Å². The number of pyridine rings is 1. The van der Waals surface area contributed by atoms with E-state index in [0.717, 1.165) is 66.6 Å². The first-order valence-electron chi connectivity index (χ1n) is 12.1. The largest absolute Gasteiger partial charge is 0.354 e. The Morgan fingerprint density at radius 3 is 2.51 bits per heavy atom. The van der Waals surface area contributed by atoms with Crippen LogP contribution >= 0.6 is 0 Å². The fourth-order valence-electron chi connectivity index (χ4n) is 4.41. The average molecular weight is 493 g/mol. The molecule has 0 atom stereocenters. The van der Waals surface area contributed by atoms with Gasteiger partial charge in [-0.1, -0.05) is 6.08 Å². The van der Waals surface area contributed by atoms with Crippen molar-refractivity contribution in [2.75, 3.05) is 31.1 Å². The number of aromatic amines is 1. The quantitative estimate of drug-likeness (QED) is 0.392. The Morgan fingerprint density at radius 2 is 1.86 bits per heavy atom. The molecule has 10 nitrogen and oxygen atoms in total. The van der Waals surface area contributed by atoms with Gasteiger partial charge in [0, 0.05) is 74.7 Å². The molecule has 4 aromatic rings. The van der Waals surface area contributed by atoms with Gasteiger partial charge in [-0.25, -0.2) is 15.0 Å². The molecule has 0 aliphatic carbocycles. The first-order chi connectivity index (χ1) is 18.1. The summed E-state index contributed by atoms with van der Waals surface area (Å²) in [6.45, 7) is 6.34. The molecule has 0 radical (unpaired) electrons. The van der Waals surface area contributed by atoms with Crippen LogP contribution in [-0.4, -0.2) is 66.0 Å². The summed E-state index contributed by atoms with van der Waals surface area (Å²) in [6, 6.07) is 8.16. The molecule has 1 aliphatic rings. The SMILES string of the molecule is C/C=C(\C=C(\c1ccc(N2CCN(Cc3ncccn3)CC2)nc1)c1[nH]ncc1C#N)c1cnn(C)c1. The Hall–Kier alpha value is -4.62. The van der Waals surface area contributed by atoms with Gasteiger partial charge in [-0.15, -0.1) is 0 Å². The van der Waals surface area contributed by atoms with Gasteiger partial charge in [-0.2, -0.15) is 15.5 Å². The van der Waals surface area contributed by atoms with Gasteiger partial charge in [0.25, 0.3) is 0 Å². The third kappa shape index (κ3) is 5.47. The smallest absolute Gasteiger partial charge is 0.142 e. The summed E-state index contributed by atoms with van der Waals surface area (Å²) in [4.78, 5) is 18.1. The molecule has 4 aromatic heterocycles. The van der Waals surface area contributed by atoms with Gasteiger partial charge in [0.05, 0.1) is 30.2 Å². The van der Waals surface area contributed by atoms with Crippen LogP contribution in [-0.2, 0) is 13.6 Å². The van der Waals surface area contributed by atoms with Crippen LogP contribution in [0.15, 0.2) is 67.5 Å². The maximum atomic E-state index is 9.64. The minimum absolute atomic E-state index is 0.482. The summed E-state index contributed by atoms with van der Waals surface area (Å²) in [6.07, 6.45) is 14.8. The molecule has 0 aromatic carbocycles. The van der Waals surface area contributed by atoms with Crippen LogP contribution in [0.3, 0.4) is 0 Å². The number of nitrogens with one attached hydrogen (secondary N) is 1. The normalized spacial score (nSPS) is 15.1. The lowest BCUT2D eigenvalue weighted by Crippen LogP contribution is -2.46. The Balaban J connectivity index is 1.36. The zero-order valence-electron chi connectivity index (χ0n) is 20.9. The molecule has 0 amide bonds. The summed E-state index contributed by atoms with van der Waals surface area (Å²) in [5, 5.41) is 21.1. The van der Waals surface area contributed by atoms with E-state index in [0.29, 0.717) is 11.3 Å². The van der Waals surface area contributed by atoms with Crippen molar-refractivity contribution in [3.05, 3.63) is 95.7 Å². The number of piperazine rings is 1. The third-order valence-corrected chi connectivity index (χ3v) is 6.42. The van der Waals surface area contributed by atoms with Gasteiger partial charge in [0.1, 0.15) is 17.7 Å². The summed E-state index contributed by atoms with van der Waals surface area (Å²) < 4.78 is 1.77. The van der Waals surface area contributed by atoms with Crippen molar-refractivity contribution < 1.29 is 0 Å². The van der Waals surface area contributed by atoms with Crippen molar-refractivity contribution in [2.24, 2.45) is 7.05 Å². The zero-order valence-corrected chi connectivity index (χ0v) is 20.9. The molecule has 5 heterocycles. The van der Waals surface area contributed by atoms with Crippen LogP contribution in [0, 0.1) is 11.3 Å². The minimum Gasteiger partial charge on any atom is -0.354 e. The first kappa shape index (κ1) is 24.1. The number of hydrogen-bond acceptors (Lipinski definition) is 8. The second-order valence-corrected chi connectivity index (χ2v) is 8.81. The topological polar surface area (TPSA) is 115 Å². The molecule has 1 N–H and O–H groups in total. The number of allylic oxidation sites excluding steroid dienone is 3. The molecule has 0 spiro atoms. The maximum absolute atomic E-state index is 9.64. The van der Waals surface area contributed by atoms with E-state index >= 15 is 0 Å². The van der Waals surface area contributed by atoms with Gasteiger partial charge in [-0.3, -0.25) is 14.7 Å². The predicted molar refractivity (Wildman–Crippen MR) is 141 cm³/mol. The van der Waals surface area contributed by atoms with Crippen LogP contribution in [0.5, 0.6) is 0 Å². The Bertz CT molecular complexity index is 1430. The third-order valence-electron chi connectivity index (χ3n) is 6.42. The van der Waals surface area contributed by atoms with Crippen molar-refractivity contribution >= 4 is 17.0 Å². The minimum atomic E-state index is 0.482. The Morgan fingerprint density at radius 1 is 1.05 bits per heavy atom. The predicted octanol–water partition coefficient (Wildman–Crippen LogP) is 3.06. The Kier molecular flexibility index (Phi) is 7.14. The average Bonchev–Trinajstić information content (AvgIpc) is 3.60. The van der Waals surface area contributed by atoms with Crippen LogP contribution in [0.25, 0.3) is 11.1 Å². The van der Waals surface area contributed by atoms with E-state index in [1.54, 1.807) is 23.3 Å². The molecule has 0 saturated carbocycles. The second kappa shape index (κ2) is 11.0. The molecule has 5 rings (SSSR count). The standard InChI is InChI=1S/C27H28N10/c1-3-20(23-17-33-35(2)18-23)13-24(27-22(14-28)16-32-34-27)21-5-6-26(31-15-21)37-11-9-36(10-12-37)19-25-29-7-4-8-30-25/h3-8,13,15-18H,9-12,19H2,1-2H3,(H,32,34)/b20-3+,24-13-. The lowest BCUT2D eigenvalue weighted by atomic mass is 9.97. The van der Waals surface area contributed by atoms with Crippen LogP contribution in [0.4, 0.5) is 5.82 Å². The van der Waals surface area contributed by atoms with E-state index in [2.05, 4.69) is 47.2 Å². The lowest BCUT2D eigenvalue weighted by Gasteiger charge is -2.35. The van der Waals surface area contributed by atoms with Gasteiger partial charge >= 0.3 is 0 Å². The number of anilines is 1. The number of rotatable bonds is 7. The van der Waals surface area contributed by atoms with Gasteiger partial charge < -0.3 is 4.90 Å². The lowest BCUT2D eigenvalue weighted by molar-refractivity contribution is 0.243. The molecule has 0 unspecified atom stereocenters. The molecular formula is C27H28N10. The van der Waals surface area contributed by atoms with Crippen molar-refractivity contribution in [1.29, 1.82) is 5.26 Å². The summed E-state index contributed by atoms with van der Waals surface area (Å²) in [5.41, 5.74) is 4.87. The van der Waals surface area contributed by atoms with Crippen LogP contribution in [0.1, 0.15) is 35.1 Å². The number of nitrogens with zero attached hydrogens (tertiary/aromatic N) is 9.